The van der Waals surface area contributed by atoms with Crippen LogP contribution >= 0.6 is 0 Å². The summed E-state index contributed by atoms with van der Waals surface area (Å²) in [6.07, 6.45) is -0.912. The number of nitrogens with zero attached hydrogens (tertiary/aromatic N) is 5. The number of amides is 2. The zero-order valence-electron chi connectivity index (χ0n) is 15.1. The Kier molecular flexibility index (Phi) is 4.48. The molecule has 28 heavy (non-hydrogen) atoms. The third-order valence-electron chi connectivity index (χ3n) is 4.51. The second-order valence-electron chi connectivity index (χ2n) is 6.44. The number of hydrogen-bond acceptors (Lipinski definition) is 6. The lowest BCUT2D eigenvalue weighted by molar-refractivity contribution is -0.125. The Labute approximate surface area is 160 Å². The number of aryl methyl sites for hydroxylation is 1. The first kappa shape index (κ1) is 17.7. The highest BCUT2D eigenvalue weighted by Crippen LogP contribution is 2.33. The molecule has 142 valence electrons. The molecule has 1 aliphatic heterocycles. The van der Waals surface area contributed by atoms with E-state index in [0.29, 0.717) is 17.3 Å². The number of para-hydroxylation sites is 2. The van der Waals surface area contributed by atoms with E-state index in [1.807, 2.05) is 31.2 Å². The zero-order chi connectivity index (χ0) is 19.7. The second kappa shape index (κ2) is 7.10. The largest absolute Gasteiger partial charge is 0.477 e. The maximum Gasteiger partial charge on any atom is 0.260 e. The first-order valence-corrected chi connectivity index (χ1v) is 8.72. The third kappa shape index (κ3) is 3.29. The quantitative estimate of drug-likeness (QED) is 0.722. The topological polar surface area (TPSA) is 116 Å². The Morgan fingerprint density at radius 2 is 1.93 bits per heavy atom. The number of primary amides is 1. The second-order valence-corrected chi connectivity index (χ2v) is 6.44. The number of ether oxygens (including phenoxy) is 1. The predicted molar refractivity (Wildman–Crippen MR) is 100 cm³/mol. The Hall–Kier alpha value is -3.75. The van der Waals surface area contributed by atoms with Crippen LogP contribution < -0.4 is 15.4 Å². The molecule has 4 rings (SSSR count). The fourth-order valence-corrected chi connectivity index (χ4v) is 3.07. The number of fused-ring (bicyclic) bond motifs is 1. The third-order valence-corrected chi connectivity index (χ3v) is 4.51. The molecule has 3 aromatic rings. The van der Waals surface area contributed by atoms with E-state index < -0.39 is 12.0 Å². The van der Waals surface area contributed by atoms with Crippen molar-refractivity contribution in [3.8, 4) is 17.1 Å². The average Bonchev–Trinajstić information content (AvgIpc) is 3.15. The van der Waals surface area contributed by atoms with E-state index in [0.717, 1.165) is 11.1 Å². The lowest BCUT2D eigenvalue weighted by atomic mass is 10.1. The minimum atomic E-state index is -0.912. The van der Waals surface area contributed by atoms with Gasteiger partial charge in [0, 0.05) is 5.56 Å². The van der Waals surface area contributed by atoms with Crippen LogP contribution in [-0.2, 0) is 16.1 Å². The number of benzene rings is 2. The highest BCUT2D eigenvalue weighted by Gasteiger charge is 2.32. The number of rotatable bonds is 4. The maximum atomic E-state index is 12.9. The van der Waals surface area contributed by atoms with Gasteiger partial charge in [-0.15, -0.1) is 10.2 Å². The van der Waals surface area contributed by atoms with Crippen molar-refractivity contribution in [2.24, 2.45) is 5.73 Å². The van der Waals surface area contributed by atoms with Gasteiger partial charge in [0.2, 0.25) is 5.82 Å². The first-order chi connectivity index (χ1) is 13.5. The van der Waals surface area contributed by atoms with Gasteiger partial charge in [0.1, 0.15) is 12.3 Å². The summed E-state index contributed by atoms with van der Waals surface area (Å²) in [5.74, 6) is -0.0508. The fourth-order valence-electron chi connectivity index (χ4n) is 3.07. The fraction of sp³-hybridized carbons (Fsp3) is 0.211. The van der Waals surface area contributed by atoms with Crippen LogP contribution in [0, 0.1) is 6.92 Å². The van der Waals surface area contributed by atoms with Crippen LogP contribution in [0.15, 0.2) is 48.5 Å². The Morgan fingerprint density at radius 3 is 2.71 bits per heavy atom. The monoisotopic (exact) mass is 378 g/mol. The first-order valence-electron chi connectivity index (χ1n) is 8.72. The molecule has 0 radical (unpaired) electrons. The van der Waals surface area contributed by atoms with Gasteiger partial charge in [-0.2, -0.15) is 4.80 Å². The summed E-state index contributed by atoms with van der Waals surface area (Å²) in [5.41, 5.74) is 7.82. The van der Waals surface area contributed by atoms with Crippen molar-refractivity contribution in [1.82, 2.24) is 20.2 Å². The van der Waals surface area contributed by atoms with E-state index in [1.54, 1.807) is 24.3 Å². The summed E-state index contributed by atoms with van der Waals surface area (Å²) in [6, 6.07) is 14.7. The summed E-state index contributed by atoms with van der Waals surface area (Å²) in [4.78, 5) is 27.2. The van der Waals surface area contributed by atoms with Crippen molar-refractivity contribution in [1.29, 1.82) is 0 Å². The van der Waals surface area contributed by atoms with Gasteiger partial charge >= 0.3 is 0 Å². The molecule has 1 aliphatic rings. The number of tetrazole rings is 1. The van der Waals surface area contributed by atoms with Crippen LogP contribution in [0.2, 0.25) is 0 Å². The Balaban J connectivity index is 1.57. The zero-order valence-corrected chi connectivity index (χ0v) is 15.1. The molecule has 1 atom stereocenters. The summed E-state index contributed by atoms with van der Waals surface area (Å²) in [6.45, 7) is 1.86. The molecule has 0 fully saturated rings. The standard InChI is InChI=1S/C19H18N6O3/c1-12-6-2-3-7-13(12)19-21-23-25(22-19)11-17(26)24-10-16(18(20)27)28-15-9-5-4-8-14(15)24/h2-9,16H,10-11H2,1H3,(H2,20,27)/t16-/m1/s1. The van der Waals surface area contributed by atoms with E-state index >= 15 is 0 Å². The van der Waals surface area contributed by atoms with Crippen molar-refractivity contribution in [3.63, 3.8) is 0 Å². The molecular weight excluding hydrogens is 360 g/mol. The number of hydrogen-bond donors (Lipinski definition) is 1. The molecule has 0 saturated heterocycles. The summed E-state index contributed by atoms with van der Waals surface area (Å²) >= 11 is 0. The summed E-state index contributed by atoms with van der Waals surface area (Å²) in [7, 11) is 0. The molecule has 2 heterocycles. The van der Waals surface area contributed by atoms with Crippen LogP contribution in [0.5, 0.6) is 5.75 Å². The number of carbonyl (C=O) groups is 2. The molecule has 2 amide bonds. The van der Waals surface area contributed by atoms with Gasteiger partial charge in [-0.3, -0.25) is 9.59 Å². The summed E-state index contributed by atoms with van der Waals surface area (Å²) in [5, 5.41) is 12.3. The molecule has 0 bridgehead atoms. The number of nitrogens with two attached hydrogens (primary N) is 1. The number of anilines is 1. The molecule has 1 aromatic heterocycles. The van der Waals surface area contributed by atoms with Gasteiger partial charge < -0.3 is 15.4 Å². The highest BCUT2D eigenvalue weighted by molar-refractivity contribution is 5.96. The van der Waals surface area contributed by atoms with E-state index in [4.69, 9.17) is 10.5 Å². The molecule has 2 N–H and O–H groups in total. The molecule has 0 aliphatic carbocycles. The van der Waals surface area contributed by atoms with E-state index in [1.165, 1.54) is 9.70 Å². The Bertz CT molecular complexity index is 1050. The van der Waals surface area contributed by atoms with Crippen molar-refractivity contribution >= 4 is 17.5 Å². The lowest BCUT2D eigenvalue weighted by Gasteiger charge is -2.33. The highest BCUT2D eigenvalue weighted by atomic mass is 16.5. The molecule has 9 heteroatoms. The van der Waals surface area contributed by atoms with Gasteiger partial charge in [0.05, 0.1) is 12.2 Å². The average molecular weight is 378 g/mol. The van der Waals surface area contributed by atoms with Gasteiger partial charge in [0.25, 0.3) is 11.8 Å². The van der Waals surface area contributed by atoms with Crippen molar-refractivity contribution in [2.75, 3.05) is 11.4 Å². The minimum Gasteiger partial charge on any atom is -0.477 e. The van der Waals surface area contributed by atoms with E-state index in [9.17, 15) is 9.59 Å². The van der Waals surface area contributed by atoms with Crippen molar-refractivity contribution < 1.29 is 14.3 Å². The number of aromatic nitrogens is 4. The Morgan fingerprint density at radius 1 is 1.18 bits per heavy atom. The molecule has 2 aromatic carbocycles. The molecule has 0 spiro atoms. The van der Waals surface area contributed by atoms with Crippen molar-refractivity contribution in [3.05, 3.63) is 54.1 Å². The van der Waals surface area contributed by atoms with Gasteiger partial charge in [-0.1, -0.05) is 36.4 Å². The lowest BCUT2D eigenvalue weighted by Crippen LogP contribution is -2.50. The van der Waals surface area contributed by atoms with Crippen molar-refractivity contribution in [2.45, 2.75) is 19.6 Å². The van der Waals surface area contributed by atoms with Crippen LogP contribution in [0.4, 0.5) is 5.69 Å². The van der Waals surface area contributed by atoms with Crippen LogP contribution in [0.1, 0.15) is 5.56 Å². The maximum absolute atomic E-state index is 12.9. The molecular formula is C19H18N6O3. The van der Waals surface area contributed by atoms with E-state index in [-0.39, 0.29) is 19.0 Å². The summed E-state index contributed by atoms with van der Waals surface area (Å²) < 4.78 is 5.58. The van der Waals surface area contributed by atoms with Gasteiger partial charge in [0.15, 0.2) is 6.10 Å². The normalized spacial score (nSPS) is 15.6. The van der Waals surface area contributed by atoms with Crippen LogP contribution in [0.3, 0.4) is 0 Å². The minimum absolute atomic E-state index is 0.0323. The SMILES string of the molecule is Cc1ccccc1-c1nnn(CC(=O)N2C[C@H](C(N)=O)Oc3ccccc32)n1. The van der Waals surface area contributed by atoms with Crippen LogP contribution in [0.25, 0.3) is 11.4 Å². The molecule has 0 saturated carbocycles. The predicted octanol–water partition coefficient (Wildman–Crippen LogP) is 0.928. The smallest absolute Gasteiger partial charge is 0.260 e. The van der Waals surface area contributed by atoms with Gasteiger partial charge in [-0.05, 0) is 29.8 Å². The van der Waals surface area contributed by atoms with Crippen LogP contribution in [-0.4, -0.2) is 44.7 Å². The van der Waals surface area contributed by atoms with Gasteiger partial charge in [-0.25, -0.2) is 0 Å². The molecule has 0 unspecified atom stereocenters. The van der Waals surface area contributed by atoms with E-state index in [2.05, 4.69) is 15.4 Å². The number of carbonyl (C=O) groups excluding carboxylic acids is 2. The molecule has 9 nitrogen and oxygen atoms in total.